The summed E-state index contributed by atoms with van der Waals surface area (Å²) in [5.41, 5.74) is 1.72. The van der Waals surface area contributed by atoms with Crippen LogP contribution in [0.4, 0.5) is 5.69 Å². The molecule has 1 N–H and O–H groups in total. The van der Waals surface area contributed by atoms with Crippen molar-refractivity contribution in [2.24, 2.45) is 0 Å². The second-order valence-corrected chi connectivity index (χ2v) is 8.37. The second kappa shape index (κ2) is 7.90. The molecule has 0 saturated heterocycles. The monoisotopic (exact) mass is 382 g/mol. The summed E-state index contributed by atoms with van der Waals surface area (Å²) in [5, 5.41) is 4.61. The summed E-state index contributed by atoms with van der Waals surface area (Å²) in [6.07, 6.45) is 0.779. The van der Waals surface area contributed by atoms with Crippen molar-refractivity contribution in [2.75, 3.05) is 18.9 Å². The third-order valence-corrected chi connectivity index (χ3v) is 6.27. The molecular formula is C21H22N2O3S. The van der Waals surface area contributed by atoms with Crippen molar-refractivity contribution in [3.8, 4) is 0 Å². The maximum absolute atomic E-state index is 12.8. The number of likely N-dealkylation sites (N-methyl/N-ethyl adjacent to an activating group) is 1. The van der Waals surface area contributed by atoms with Gasteiger partial charge in [-0.3, -0.25) is 4.79 Å². The molecule has 0 aliphatic heterocycles. The zero-order valence-electron chi connectivity index (χ0n) is 15.3. The molecule has 6 heteroatoms. The molecule has 0 fully saturated rings. The van der Waals surface area contributed by atoms with E-state index in [4.69, 9.17) is 0 Å². The molecular weight excluding hydrogens is 360 g/mol. The van der Waals surface area contributed by atoms with Crippen molar-refractivity contribution in [3.63, 3.8) is 0 Å². The van der Waals surface area contributed by atoms with Crippen molar-refractivity contribution in [1.82, 2.24) is 4.31 Å². The van der Waals surface area contributed by atoms with E-state index in [2.05, 4.69) is 5.32 Å². The van der Waals surface area contributed by atoms with E-state index in [1.54, 1.807) is 18.2 Å². The van der Waals surface area contributed by atoms with E-state index in [1.807, 2.05) is 55.5 Å². The lowest BCUT2D eigenvalue weighted by molar-refractivity contribution is -0.116. The summed E-state index contributed by atoms with van der Waals surface area (Å²) in [7, 11) is -2.35. The van der Waals surface area contributed by atoms with Gasteiger partial charge in [0.1, 0.15) is 0 Å². The minimum absolute atomic E-state index is 0.172. The molecule has 0 bridgehead atoms. The Morgan fingerprint density at radius 1 is 0.963 bits per heavy atom. The first-order chi connectivity index (χ1) is 12.9. The number of sulfonamides is 1. The van der Waals surface area contributed by atoms with E-state index in [1.165, 1.54) is 7.05 Å². The van der Waals surface area contributed by atoms with Crippen LogP contribution in [0.5, 0.6) is 0 Å². The van der Waals surface area contributed by atoms with E-state index >= 15 is 0 Å². The lowest BCUT2D eigenvalue weighted by Crippen LogP contribution is -2.35. The molecule has 140 valence electrons. The molecule has 0 atom stereocenters. The maximum atomic E-state index is 12.8. The predicted octanol–water partition coefficient (Wildman–Crippen LogP) is 3.66. The van der Waals surface area contributed by atoms with Crippen LogP contribution in [0.2, 0.25) is 0 Å². The number of carbonyl (C=O) groups excluding carboxylic acids is 1. The van der Waals surface area contributed by atoms with E-state index in [0.29, 0.717) is 5.69 Å². The van der Waals surface area contributed by atoms with Gasteiger partial charge in [0.25, 0.3) is 0 Å². The molecule has 5 nitrogen and oxygen atoms in total. The molecule has 0 radical (unpaired) electrons. The number of anilines is 1. The van der Waals surface area contributed by atoms with Crippen molar-refractivity contribution in [3.05, 3.63) is 72.3 Å². The fourth-order valence-electron chi connectivity index (χ4n) is 2.94. The Hall–Kier alpha value is -2.70. The number of benzene rings is 3. The first-order valence-electron chi connectivity index (χ1n) is 8.74. The average molecular weight is 382 g/mol. The van der Waals surface area contributed by atoms with Crippen molar-refractivity contribution in [2.45, 2.75) is 18.2 Å². The number of nitrogens with zero attached hydrogens (tertiary/aromatic N) is 1. The maximum Gasteiger partial charge on any atom is 0.243 e. The third-order valence-electron chi connectivity index (χ3n) is 4.47. The summed E-state index contributed by atoms with van der Waals surface area (Å²) in [6.45, 7) is 1.74. The Labute approximate surface area is 159 Å². The number of aryl methyl sites for hydroxylation is 1. The Kier molecular flexibility index (Phi) is 5.58. The van der Waals surface area contributed by atoms with E-state index in [0.717, 1.165) is 27.1 Å². The Morgan fingerprint density at radius 2 is 1.63 bits per heavy atom. The Morgan fingerprint density at radius 3 is 2.37 bits per heavy atom. The van der Waals surface area contributed by atoms with Gasteiger partial charge in [-0.1, -0.05) is 55.5 Å². The molecule has 3 aromatic carbocycles. The molecule has 0 aliphatic carbocycles. The summed E-state index contributed by atoms with van der Waals surface area (Å²) < 4.78 is 26.7. The fraction of sp³-hybridized carbons (Fsp3) is 0.190. The first kappa shape index (κ1) is 19.1. The molecule has 0 aromatic heterocycles. The number of amides is 1. The fourth-order valence-corrected chi connectivity index (χ4v) is 4.10. The predicted molar refractivity (Wildman–Crippen MR) is 108 cm³/mol. The van der Waals surface area contributed by atoms with Crippen LogP contribution in [0, 0.1) is 0 Å². The van der Waals surface area contributed by atoms with Crippen molar-refractivity contribution >= 4 is 32.4 Å². The molecule has 27 heavy (non-hydrogen) atoms. The molecule has 0 heterocycles. The topological polar surface area (TPSA) is 66.5 Å². The number of carbonyl (C=O) groups is 1. The van der Waals surface area contributed by atoms with Crippen LogP contribution in [0.1, 0.15) is 12.5 Å². The SMILES string of the molecule is CCc1ccccc1NC(=O)CN(C)S(=O)(=O)c1ccc2ccccc2c1. The number of fused-ring (bicyclic) bond motifs is 1. The summed E-state index contributed by atoms with van der Waals surface area (Å²) in [6, 6.07) is 20.0. The molecule has 0 saturated carbocycles. The van der Waals surface area contributed by atoms with Gasteiger partial charge in [0.05, 0.1) is 11.4 Å². The van der Waals surface area contributed by atoms with Crippen LogP contribution >= 0.6 is 0 Å². The van der Waals surface area contributed by atoms with E-state index < -0.39 is 10.0 Å². The number of para-hydroxylation sites is 1. The lowest BCUT2D eigenvalue weighted by Gasteiger charge is -2.18. The standard InChI is InChI=1S/C21H22N2O3S/c1-3-16-8-6-7-11-20(16)22-21(24)15-23(2)27(25,26)19-13-12-17-9-4-5-10-18(17)14-19/h4-14H,3,15H2,1-2H3,(H,22,24). The van der Waals surface area contributed by atoms with Gasteiger partial charge < -0.3 is 5.32 Å². The smallest absolute Gasteiger partial charge is 0.243 e. The Balaban J connectivity index is 1.77. The molecule has 3 aromatic rings. The van der Waals surface area contributed by atoms with Gasteiger partial charge in [0, 0.05) is 12.7 Å². The van der Waals surface area contributed by atoms with Crippen LogP contribution < -0.4 is 5.32 Å². The first-order valence-corrected chi connectivity index (χ1v) is 10.2. The van der Waals surface area contributed by atoms with Crippen molar-refractivity contribution in [1.29, 1.82) is 0 Å². The average Bonchev–Trinajstić information content (AvgIpc) is 2.67. The molecule has 1 amide bonds. The number of rotatable bonds is 6. The number of hydrogen-bond acceptors (Lipinski definition) is 3. The van der Waals surface area contributed by atoms with Gasteiger partial charge >= 0.3 is 0 Å². The van der Waals surface area contributed by atoms with Crippen LogP contribution in [0.15, 0.2) is 71.6 Å². The molecule has 0 unspecified atom stereocenters. The zero-order chi connectivity index (χ0) is 19.4. The lowest BCUT2D eigenvalue weighted by atomic mass is 10.1. The van der Waals surface area contributed by atoms with Gasteiger partial charge in [-0.2, -0.15) is 4.31 Å². The number of nitrogens with one attached hydrogen (secondary N) is 1. The van der Waals surface area contributed by atoms with Gasteiger partial charge in [-0.05, 0) is 41.0 Å². The highest BCUT2D eigenvalue weighted by Gasteiger charge is 2.23. The van der Waals surface area contributed by atoms with Crippen molar-refractivity contribution < 1.29 is 13.2 Å². The van der Waals surface area contributed by atoms with Gasteiger partial charge in [0.15, 0.2) is 0 Å². The number of hydrogen-bond donors (Lipinski definition) is 1. The van der Waals surface area contributed by atoms with Crippen LogP contribution in [0.25, 0.3) is 10.8 Å². The minimum atomic E-state index is -3.76. The Bertz CT molecular complexity index is 1080. The van der Waals surface area contributed by atoms with E-state index in [-0.39, 0.29) is 17.3 Å². The summed E-state index contributed by atoms with van der Waals surface area (Å²) >= 11 is 0. The summed E-state index contributed by atoms with van der Waals surface area (Å²) in [4.78, 5) is 12.5. The molecule has 0 aliphatic rings. The quantitative estimate of drug-likeness (QED) is 0.707. The third kappa shape index (κ3) is 4.18. The summed E-state index contributed by atoms with van der Waals surface area (Å²) in [5.74, 6) is -0.372. The second-order valence-electron chi connectivity index (χ2n) is 6.33. The minimum Gasteiger partial charge on any atom is -0.325 e. The van der Waals surface area contributed by atoms with Gasteiger partial charge in [0.2, 0.25) is 15.9 Å². The van der Waals surface area contributed by atoms with Crippen LogP contribution in [0.3, 0.4) is 0 Å². The zero-order valence-corrected chi connectivity index (χ0v) is 16.2. The highest BCUT2D eigenvalue weighted by molar-refractivity contribution is 7.89. The molecule has 3 rings (SSSR count). The van der Waals surface area contributed by atoms with E-state index in [9.17, 15) is 13.2 Å². The van der Waals surface area contributed by atoms with Crippen LogP contribution in [-0.4, -0.2) is 32.2 Å². The highest BCUT2D eigenvalue weighted by atomic mass is 32.2. The van der Waals surface area contributed by atoms with Crippen LogP contribution in [-0.2, 0) is 21.2 Å². The molecule has 0 spiro atoms. The van der Waals surface area contributed by atoms with Gasteiger partial charge in [-0.25, -0.2) is 8.42 Å². The highest BCUT2D eigenvalue weighted by Crippen LogP contribution is 2.21. The van der Waals surface area contributed by atoms with Gasteiger partial charge in [-0.15, -0.1) is 0 Å². The largest absolute Gasteiger partial charge is 0.325 e. The normalized spacial score (nSPS) is 11.7.